The van der Waals surface area contributed by atoms with E-state index in [4.69, 9.17) is 24.2 Å². The Hall–Kier alpha value is -3.31. The average Bonchev–Trinajstić information content (AvgIpc) is 4.02. The van der Waals surface area contributed by atoms with E-state index in [1.165, 1.54) is 4.90 Å². The van der Waals surface area contributed by atoms with Gasteiger partial charge in [0.15, 0.2) is 0 Å². The molecule has 6 atom stereocenters. The molecule has 3 aliphatic carbocycles. The van der Waals surface area contributed by atoms with E-state index < -0.39 is 11.8 Å². The molecule has 0 aromatic heterocycles. The van der Waals surface area contributed by atoms with Crippen molar-refractivity contribution >= 4 is 23.4 Å². The molecule has 6 rings (SSSR count). The van der Waals surface area contributed by atoms with Crippen molar-refractivity contribution in [1.29, 1.82) is 0 Å². The van der Waals surface area contributed by atoms with Gasteiger partial charge in [-0.3, -0.25) is 4.79 Å². The van der Waals surface area contributed by atoms with Crippen molar-refractivity contribution in [2.45, 2.75) is 87.4 Å². The SMILES string of the molecule is C=CCOC12Oc3ccc(OCCSc4ccccc4)cc3C3C(CCCCO)C(CCCCO)C=C(C(=NOCC)CC1N(C)C(=O)C1CC1)C32. The molecule has 9 nitrogen and oxygen atoms in total. The van der Waals surface area contributed by atoms with Crippen LogP contribution < -0.4 is 9.47 Å². The lowest BCUT2D eigenvalue weighted by Crippen LogP contribution is -2.69. The van der Waals surface area contributed by atoms with Gasteiger partial charge in [-0.25, -0.2) is 0 Å². The number of aliphatic hydroxyl groups excluding tert-OH is 2. The number of carbonyl (C=O) groups is 1. The van der Waals surface area contributed by atoms with Gasteiger partial charge in [-0.1, -0.05) is 48.3 Å². The van der Waals surface area contributed by atoms with Crippen LogP contribution in [0.2, 0.25) is 0 Å². The lowest BCUT2D eigenvalue weighted by Gasteiger charge is -2.59. The maximum Gasteiger partial charge on any atom is 0.239 e. The lowest BCUT2D eigenvalue weighted by molar-refractivity contribution is -0.255. The highest BCUT2D eigenvalue weighted by molar-refractivity contribution is 7.99. The van der Waals surface area contributed by atoms with E-state index in [1.807, 2.05) is 49.2 Å². The van der Waals surface area contributed by atoms with E-state index >= 15 is 0 Å². The van der Waals surface area contributed by atoms with Gasteiger partial charge in [0.25, 0.3) is 0 Å². The Balaban J connectivity index is 1.46. The molecule has 0 saturated heterocycles. The number of hydrogen-bond donors (Lipinski definition) is 2. The van der Waals surface area contributed by atoms with Crippen LogP contribution in [0.1, 0.15) is 76.2 Å². The number of carbonyl (C=O) groups excluding carboxylic acids is 1. The summed E-state index contributed by atoms with van der Waals surface area (Å²) in [6, 6.07) is 16.0. The molecule has 0 spiro atoms. The van der Waals surface area contributed by atoms with Crippen molar-refractivity contribution in [3.8, 4) is 11.5 Å². The van der Waals surface area contributed by atoms with Gasteiger partial charge in [-0.05, 0) is 93.2 Å². The number of nitrogens with zero attached hydrogens (tertiary/aromatic N) is 2. The number of unbranched alkanes of at least 4 members (excludes halogenated alkanes) is 2. The molecular weight excluding hydrogens is 677 g/mol. The van der Waals surface area contributed by atoms with Gasteiger partial charge in [-0.15, -0.1) is 18.3 Å². The minimum atomic E-state index is -1.21. The quantitative estimate of drug-likeness (QED) is 0.0629. The Labute approximate surface area is 313 Å². The summed E-state index contributed by atoms with van der Waals surface area (Å²) in [4.78, 5) is 22.7. The fraction of sp³-hybridized carbons (Fsp3) is 0.571. The highest BCUT2D eigenvalue weighted by Crippen LogP contribution is 2.62. The Bertz CT molecular complexity index is 1560. The molecule has 2 aromatic carbocycles. The van der Waals surface area contributed by atoms with E-state index in [1.54, 1.807) is 17.8 Å². The summed E-state index contributed by atoms with van der Waals surface area (Å²) in [5.41, 5.74) is 2.94. The fourth-order valence-electron chi connectivity index (χ4n) is 8.57. The Morgan fingerprint density at radius 2 is 1.87 bits per heavy atom. The molecule has 1 aliphatic heterocycles. The maximum atomic E-state index is 13.9. The largest absolute Gasteiger partial charge is 0.493 e. The molecule has 0 radical (unpaired) electrons. The molecule has 52 heavy (non-hydrogen) atoms. The van der Waals surface area contributed by atoms with Crippen LogP contribution in [0, 0.1) is 23.7 Å². The highest BCUT2D eigenvalue weighted by Gasteiger charge is 2.65. The monoisotopic (exact) mass is 732 g/mol. The third-order valence-electron chi connectivity index (χ3n) is 11.1. The molecular formula is C42H56N2O7S. The first kappa shape index (κ1) is 38.4. The zero-order valence-corrected chi connectivity index (χ0v) is 31.6. The van der Waals surface area contributed by atoms with Crippen molar-refractivity contribution < 1.29 is 34.1 Å². The van der Waals surface area contributed by atoms with Crippen molar-refractivity contribution in [2.75, 3.05) is 45.8 Å². The van der Waals surface area contributed by atoms with Gasteiger partial charge >= 0.3 is 0 Å². The van der Waals surface area contributed by atoms with Crippen LogP contribution in [-0.4, -0.2) is 84.4 Å². The van der Waals surface area contributed by atoms with Crippen LogP contribution in [0.3, 0.4) is 0 Å². The van der Waals surface area contributed by atoms with Gasteiger partial charge in [0, 0.05) is 54.7 Å². The highest BCUT2D eigenvalue weighted by atomic mass is 32.2. The number of fused-ring (bicyclic) bond motifs is 2. The number of hydrogen-bond acceptors (Lipinski definition) is 9. The molecule has 0 bridgehead atoms. The minimum absolute atomic E-state index is 0.0191. The summed E-state index contributed by atoms with van der Waals surface area (Å²) in [5.74, 6) is 1.25. The number of thioether (sulfide) groups is 1. The summed E-state index contributed by atoms with van der Waals surface area (Å²) in [6.45, 7) is 7.45. The lowest BCUT2D eigenvalue weighted by atomic mass is 9.55. The second-order valence-electron chi connectivity index (χ2n) is 14.4. The maximum absolute atomic E-state index is 13.9. The first-order chi connectivity index (χ1) is 25.4. The number of rotatable bonds is 20. The van der Waals surface area contributed by atoms with E-state index in [0.29, 0.717) is 19.6 Å². The Morgan fingerprint density at radius 3 is 2.58 bits per heavy atom. The number of likely N-dealkylation sites (N-methyl/N-ethyl adjacent to an activating group) is 1. The molecule has 1 heterocycles. The number of allylic oxidation sites excluding steroid dienone is 1. The third-order valence-corrected chi connectivity index (χ3v) is 12.0. The molecule has 4 aliphatic rings. The number of aliphatic hydroxyl groups is 2. The second kappa shape index (κ2) is 18.1. The summed E-state index contributed by atoms with van der Waals surface area (Å²) >= 11 is 1.77. The third kappa shape index (κ3) is 8.40. The standard InChI is InChI=1S/C42H56N2O7S/c1-4-23-49-42-38(44(3)41(47)29-17-18-29)28-36(43-50-5-2)34-26-30(13-9-11-21-45)33(16-10-12-22-46)39(40(34)42)35-27-31(19-20-37(35)51-42)48-24-25-52-32-14-7-6-8-15-32/h4,6-8,14-15,19-20,26-27,29-30,33,38-40,45-46H,1,5,9-13,16-18,21-25,28H2,2-3H3. The van der Waals surface area contributed by atoms with E-state index in [-0.39, 0.29) is 55.3 Å². The smallest absolute Gasteiger partial charge is 0.239 e. The Morgan fingerprint density at radius 1 is 1.10 bits per heavy atom. The first-order valence-corrected chi connectivity index (χ1v) is 20.2. The average molecular weight is 733 g/mol. The van der Waals surface area contributed by atoms with Gasteiger partial charge < -0.3 is 34.2 Å². The summed E-state index contributed by atoms with van der Waals surface area (Å²) in [7, 11) is 1.88. The zero-order chi connectivity index (χ0) is 36.5. The summed E-state index contributed by atoms with van der Waals surface area (Å²) in [6.07, 6.45) is 11.4. The van der Waals surface area contributed by atoms with E-state index in [2.05, 4.69) is 30.9 Å². The van der Waals surface area contributed by atoms with Crippen LogP contribution in [0.25, 0.3) is 0 Å². The zero-order valence-electron chi connectivity index (χ0n) is 30.8. The molecule has 2 aromatic rings. The van der Waals surface area contributed by atoms with Gasteiger partial charge in [0.05, 0.1) is 24.8 Å². The van der Waals surface area contributed by atoms with Crippen LogP contribution in [0.15, 0.2) is 82.9 Å². The number of oxime groups is 1. The normalized spacial score (nSPS) is 26.8. The molecule has 282 valence electrons. The van der Waals surface area contributed by atoms with Crippen molar-refractivity contribution in [1.82, 2.24) is 4.90 Å². The predicted octanol–water partition coefficient (Wildman–Crippen LogP) is 7.38. The summed E-state index contributed by atoms with van der Waals surface area (Å²) in [5, 5.41) is 24.3. The van der Waals surface area contributed by atoms with Gasteiger partial charge in [0.1, 0.15) is 24.1 Å². The predicted molar refractivity (Wildman–Crippen MR) is 205 cm³/mol. The molecule has 2 N–H and O–H groups in total. The topological polar surface area (TPSA) is 110 Å². The van der Waals surface area contributed by atoms with Gasteiger partial charge in [0.2, 0.25) is 11.7 Å². The van der Waals surface area contributed by atoms with Gasteiger partial charge in [-0.2, -0.15) is 0 Å². The molecule has 2 fully saturated rings. The second-order valence-corrected chi connectivity index (χ2v) is 15.6. The number of ether oxygens (including phenoxy) is 3. The molecule has 2 saturated carbocycles. The minimum Gasteiger partial charge on any atom is -0.493 e. The Kier molecular flexibility index (Phi) is 13.4. The van der Waals surface area contributed by atoms with Crippen molar-refractivity contribution in [3.63, 3.8) is 0 Å². The van der Waals surface area contributed by atoms with Crippen molar-refractivity contribution in [2.24, 2.45) is 28.8 Å². The fourth-order valence-corrected chi connectivity index (χ4v) is 9.32. The molecule has 10 heteroatoms. The van der Waals surface area contributed by atoms with Crippen LogP contribution in [-0.2, 0) is 14.4 Å². The van der Waals surface area contributed by atoms with Crippen LogP contribution in [0.5, 0.6) is 11.5 Å². The van der Waals surface area contributed by atoms with Crippen molar-refractivity contribution in [3.05, 3.63) is 78.4 Å². The van der Waals surface area contributed by atoms with Crippen LogP contribution in [0.4, 0.5) is 0 Å². The number of amides is 1. The first-order valence-electron chi connectivity index (χ1n) is 19.2. The number of benzene rings is 2. The molecule has 1 amide bonds. The van der Waals surface area contributed by atoms with E-state index in [0.717, 1.165) is 85.5 Å². The van der Waals surface area contributed by atoms with Crippen LogP contribution >= 0.6 is 11.8 Å². The van der Waals surface area contributed by atoms with E-state index in [9.17, 15) is 15.0 Å². The molecule has 6 unspecified atom stereocenters. The summed E-state index contributed by atoms with van der Waals surface area (Å²) < 4.78 is 20.6.